The Balaban J connectivity index is 2.07. The highest BCUT2D eigenvalue weighted by Gasteiger charge is 2.25. The van der Waals surface area contributed by atoms with Gasteiger partial charge in [0.15, 0.2) is 5.65 Å². The van der Waals surface area contributed by atoms with Crippen molar-refractivity contribution in [1.29, 1.82) is 0 Å². The Labute approximate surface area is 107 Å². The summed E-state index contributed by atoms with van der Waals surface area (Å²) >= 11 is 0. The van der Waals surface area contributed by atoms with Gasteiger partial charge in [0.1, 0.15) is 5.52 Å². The van der Waals surface area contributed by atoms with Gasteiger partial charge in [0, 0.05) is 12.2 Å². The minimum Gasteiger partial charge on any atom is -0.369 e. The number of hydrogen-bond acceptors (Lipinski definition) is 3. The number of rotatable bonds is 2. The zero-order valence-electron chi connectivity index (χ0n) is 11.1. The SMILES string of the molecule is Cc1cnc2c(c1)nc(N)n2C(C)C1CCCC1. The third kappa shape index (κ3) is 1.76. The molecule has 0 radical (unpaired) electrons. The summed E-state index contributed by atoms with van der Waals surface area (Å²) in [4.78, 5) is 8.96. The molecule has 0 amide bonds. The highest BCUT2D eigenvalue weighted by atomic mass is 15.2. The number of pyridine rings is 1. The quantitative estimate of drug-likeness (QED) is 0.883. The fraction of sp³-hybridized carbons (Fsp3) is 0.571. The van der Waals surface area contributed by atoms with Crippen LogP contribution in [0.1, 0.15) is 44.2 Å². The lowest BCUT2D eigenvalue weighted by Gasteiger charge is -2.21. The Kier molecular flexibility index (Phi) is 2.73. The van der Waals surface area contributed by atoms with Crippen LogP contribution in [-0.2, 0) is 0 Å². The maximum absolute atomic E-state index is 6.08. The molecule has 1 atom stereocenters. The average molecular weight is 244 g/mol. The van der Waals surface area contributed by atoms with Crippen molar-refractivity contribution >= 4 is 17.1 Å². The van der Waals surface area contributed by atoms with Crippen molar-refractivity contribution in [2.75, 3.05) is 5.73 Å². The van der Waals surface area contributed by atoms with E-state index in [0.29, 0.717) is 17.9 Å². The summed E-state index contributed by atoms with van der Waals surface area (Å²) in [5, 5.41) is 0. The molecule has 1 aliphatic carbocycles. The number of aromatic nitrogens is 3. The van der Waals surface area contributed by atoms with E-state index in [-0.39, 0.29) is 0 Å². The molecule has 1 saturated carbocycles. The van der Waals surface area contributed by atoms with Crippen LogP contribution in [-0.4, -0.2) is 14.5 Å². The lowest BCUT2D eigenvalue weighted by molar-refractivity contribution is 0.370. The molecular weight excluding hydrogens is 224 g/mol. The summed E-state index contributed by atoms with van der Waals surface area (Å²) in [7, 11) is 0. The first-order chi connectivity index (χ1) is 8.66. The van der Waals surface area contributed by atoms with Gasteiger partial charge in [0.25, 0.3) is 0 Å². The van der Waals surface area contributed by atoms with Gasteiger partial charge in [-0.25, -0.2) is 9.97 Å². The zero-order chi connectivity index (χ0) is 12.7. The molecule has 96 valence electrons. The van der Waals surface area contributed by atoms with E-state index in [9.17, 15) is 0 Å². The summed E-state index contributed by atoms with van der Waals surface area (Å²) in [6.07, 6.45) is 7.17. The van der Waals surface area contributed by atoms with Crippen molar-refractivity contribution in [3.63, 3.8) is 0 Å². The Morgan fingerprint density at radius 1 is 1.39 bits per heavy atom. The molecule has 0 saturated heterocycles. The van der Waals surface area contributed by atoms with E-state index in [0.717, 1.165) is 16.7 Å². The third-order valence-corrected chi connectivity index (χ3v) is 4.18. The van der Waals surface area contributed by atoms with Gasteiger partial charge < -0.3 is 5.73 Å². The van der Waals surface area contributed by atoms with Gasteiger partial charge in [-0.15, -0.1) is 0 Å². The molecule has 18 heavy (non-hydrogen) atoms. The molecule has 0 bridgehead atoms. The minimum absolute atomic E-state index is 0.396. The Morgan fingerprint density at radius 2 is 2.11 bits per heavy atom. The maximum Gasteiger partial charge on any atom is 0.202 e. The van der Waals surface area contributed by atoms with Crippen LogP contribution >= 0.6 is 0 Å². The largest absolute Gasteiger partial charge is 0.369 e. The van der Waals surface area contributed by atoms with Gasteiger partial charge in [0.05, 0.1) is 0 Å². The van der Waals surface area contributed by atoms with Crippen molar-refractivity contribution in [2.45, 2.75) is 45.6 Å². The van der Waals surface area contributed by atoms with E-state index >= 15 is 0 Å². The summed E-state index contributed by atoms with van der Waals surface area (Å²) in [5.74, 6) is 1.32. The van der Waals surface area contributed by atoms with Crippen LogP contribution in [0.3, 0.4) is 0 Å². The molecular formula is C14H20N4. The standard InChI is InChI=1S/C14H20N4/c1-9-7-12-13(16-8-9)18(14(15)17-12)10(2)11-5-3-4-6-11/h7-8,10-11H,3-6H2,1-2H3,(H2,15,17). The molecule has 2 aromatic heterocycles. The Bertz CT molecular complexity index is 566. The van der Waals surface area contributed by atoms with Crippen molar-refractivity contribution in [2.24, 2.45) is 5.92 Å². The number of hydrogen-bond donors (Lipinski definition) is 1. The molecule has 4 nitrogen and oxygen atoms in total. The maximum atomic E-state index is 6.08. The van der Waals surface area contributed by atoms with Gasteiger partial charge in [-0.1, -0.05) is 12.8 Å². The van der Waals surface area contributed by atoms with Crippen LogP contribution in [0.4, 0.5) is 5.95 Å². The monoisotopic (exact) mass is 244 g/mol. The summed E-state index contributed by atoms with van der Waals surface area (Å²) in [5.41, 5.74) is 9.05. The second-order valence-corrected chi connectivity index (χ2v) is 5.48. The number of fused-ring (bicyclic) bond motifs is 1. The third-order valence-electron chi connectivity index (χ3n) is 4.18. The molecule has 1 aliphatic rings. The number of nitrogens with two attached hydrogens (primary N) is 1. The summed E-state index contributed by atoms with van der Waals surface area (Å²) in [6, 6.07) is 2.45. The van der Waals surface area contributed by atoms with Crippen molar-refractivity contribution in [3.05, 3.63) is 17.8 Å². The fourth-order valence-corrected chi connectivity index (χ4v) is 3.15. The molecule has 4 heteroatoms. The van der Waals surface area contributed by atoms with Crippen LogP contribution in [0.25, 0.3) is 11.2 Å². The number of anilines is 1. The molecule has 2 N–H and O–H groups in total. The molecule has 1 fully saturated rings. The van der Waals surface area contributed by atoms with E-state index in [1.807, 2.05) is 13.1 Å². The molecule has 0 aromatic carbocycles. The normalized spacial score (nSPS) is 18.6. The van der Waals surface area contributed by atoms with Gasteiger partial charge in [-0.05, 0) is 44.2 Å². The second-order valence-electron chi connectivity index (χ2n) is 5.48. The van der Waals surface area contributed by atoms with E-state index in [1.165, 1.54) is 25.7 Å². The lowest BCUT2D eigenvalue weighted by Crippen LogP contribution is -2.16. The van der Waals surface area contributed by atoms with E-state index in [2.05, 4.69) is 27.5 Å². The van der Waals surface area contributed by atoms with Gasteiger partial charge >= 0.3 is 0 Å². The first kappa shape index (κ1) is 11.5. The van der Waals surface area contributed by atoms with E-state index in [4.69, 9.17) is 5.73 Å². The van der Waals surface area contributed by atoms with Crippen LogP contribution < -0.4 is 5.73 Å². The highest BCUT2D eigenvalue weighted by Crippen LogP contribution is 2.36. The van der Waals surface area contributed by atoms with Gasteiger partial charge in [-0.2, -0.15) is 0 Å². The Morgan fingerprint density at radius 3 is 2.83 bits per heavy atom. The van der Waals surface area contributed by atoms with E-state index in [1.54, 1.807) is 0 Å². The van der Waals surface area contributed by atoms with Gasteiger partial charge in [-0.3, -0.25) is 4.57 Å². The molecule has 2 aromatic rings. The fourth-order valence-electron chi connectivity index (χ4n) is 3.15. The first-order valence-corrected chi connectivity index (χ1v) is 6.77. The minimum atomic E-state index is 0.396. The van der Waals surface area contributed by atoms with E-state index < -0.39 is 0 Å². The predicted octanol–water partition coefficient (Wildman–Crippen LogP) is 3.07. The van der Waals surface area contributed by atoms with Crippen molar-refractivity contribution in [1.82, 2.24) is 14.5 Å². The number of aryl methyl sites for hydroxylation is 1. The van der Waals surface area contributed by atoms with Crippen LogP contribution in [0.15, 0.2) is 12.3 Å². The number of nitrogen functional groups attached to an aromatic ring is 1. The Hall–Kier alpha value is -1.58. The first-order valence-electron chi connectivity index (χ1n) is 6.77. The lowest BCUT2D eigenvalue weighted by atomic mass is 9.99. The average Bonchev–Trinajstić information content (AvgIpc) is 2.94. The summed E-state index contributed by atoms with van der Waals surface area (Å²) < 4.78 is 2.12. The highest BCUT2D eigenvalue weighted by molar-refractivity contribution is 5.74. The molecule has 0 spiro atoms. The number of nitrogens with zero attached hydrogens (tertiary/aromatic N) is 3. The van der Waals surface area contributed by atoms with Crippen LogP contribution in [0.2, 0.25) is 0 Å². The number of imidazole rings is 1. The molecule has 2 heterocycles. The molecule has 3 rings (SSSR count). The smallest absolute Gasteiger partial charge is 0.202 e. The predicted molar refractivity (Wildman–Crippen MR) is 73.3 cm³/mol. The van der Waals surface area contributed by atoms with Crippen LogP contribution in [0.5, 0.6) is 0 Å². The van der Waals surface area contributed by atoms with Crippen molar-refractivity contribution < 1.29 is 0 Å². The second kappa shape index (κ2) is 4.26. The topological polar surface area (TPSA) is 56.7 Å². The van der Waals surface area contributed by atoms with Crippen molar-refractivity contribution in [3.8, 4) is 0 Å². The molecule has 0 aliphatic heterocycles. The van der Waals surface area contributed by atoms with Crippen LogP contribution in [0, 0.1) is 12.8 Å². The summed E-state index contributed by atoms with van der Waals surface area (Å²) in [6.45, 7) is 4.27. The van der Waals surface area contributed by atoms with Gasteiger partial charge in [0.2, 0.25) is 5.95 Å². The zero-order valence-corrected chi connectivity index (χ0v) is 11.1. The molecule has 1 unspecified atom stereocenters.